The Morgan fingerprint density at radius 3 is 2.21 bits per heavy atom. The Labute approximate surface area is 198 Å². The van der Waals surface area contributed by atoms with Crippen molar-refractivity contribution in [3.63, 3.8) is 0 Å². The fraction of sp³-hybridized carbons (Fsp3) is 0.741. The summed E-state index contributed by atoms with van der Waals surface area (Å²) >= 11 is 0. The van der Waals surface area contributed by atoms with Gasteiger partial charge in [0.15, 0.2) is 5.60 Å². The molecule has 0 saturated carbocycles. The number of hydrogen-bond donors (Lipinski definition) is 1. The van der Waals surface area contributed by atoms with Gasteiger partial charge < -0.3 is 14.6 Å². The van der Waals surface area contributed by atoms with Crippen LogP contribution >= 0.6 is 0 Å². The second-order valence-corrected chi connectivity index (χ2v) is 10.3. The molecule has 0 aliphatic carbocycles. The Hall–Kier alpha value is -2.11. The van der Waals surface area contributed by atoms with Gasteiger partial charge in [0.05, 0.1) is 6.42 Å². The summed E-state index contributed by atoms with van der Waals surface area (Å²) in [6.07, 6.45) is 17.8. The molecule has 2 aliphatic heterocycles. The summed E-state index contributed by atoms with van der Waals surface area (Å²) < 4.78 is 11.1. The summed E-state index contributed by atoms with van der Waals surface area (Å²) in [5.41, 5.74) is -2.43. The summed E-state index contributed by atoms with van der Waals surface area (Å²) in [5.74, 6) is -1.78. The first kappa shape index (κ1) is 27.1. The van der Waals surface area contributed by atoms with Crippen LogP contribution in [-0.2, 0) is 23.9 Å². The lowest BCUT2D eigenvalue weighted by atomic mass is 9.92. The van der Waals surface area contributed by atoms with E-state index in [1.54, 1.807) is 6.08 Å². The molecule has 0 aromatic carbocycles. The van der Waals surface area contributed by atoms with Gasteiger partial charge in [0.1, 0.15) is 16.9 Å². The highest BCUT2D eigenvalue weighted by Gasteiger charge is 2.52. The molecular formula is C27H42O6. The highest BCUT2D eigenvalue weighted by Crippen LogP contribution is 2.38. The Morgan fingerprint density at radius 1 is 0.970 bits per heavy atom. The second kappa shape index (κ2) is 12.4. The van der Waals surface area contributed by atoms with Crippen LogP contribution in [-0.4, -0.2) is 34.0 Å². The summed E-state index contributed by atoms with van der Waals surface area (Å²) in [5, 5.41) is 9.04. The van der Waals surface area contributed by atoms with Crippen molar-refractivity contribution in [2.24, 2.45) is 5.92 Å². The SMILES string of the molecule is CCCCCCCCCC[C@@H](C)CCC[C@@]1(C)C=C/C(=C2\C(=O)O[C@](C)(CC(=O)O)C2=O)O1. The topological polar surface area (TPSA) is 89.9 Å². The molecule has 33 heavy (non-hydrogen) atoms. The van der Waals surface area contributed by atoms with Gasteiger partial charge in [0.2, 0.25) is 5.78 Å². The zero-order chi connectivity index (χ0) is 24.5. The number of carboxylic acids is 1. The number of unbranched alkanes of at least 4 members (excludes halogenated alkanes) is 7. The lowest BCUT2D eigenvalue weighted by molar-refractivity contribution is -0.156. The number of allylic oxidation sites excluding steroid dienone is 1. The molecule has 0 aromatic heterocycles. The minimum Gasteiger partial charge on any atom is -0.482 e. The number of cyclic esters (lactones) is 1. The molecule has 6 heteroatoms. The Bertz CT molecular complexity index is 767. The molecule has 1 saturated heterocycles. The first-order valence-corrected chi connectivity index (χ1v) is 12.7. The number of carboxylic acid groups (broad SMARTS) is 1. The van der Waals surface area contributed by atoms with Crippen LogP contribution in [0.3, 0.4) is 0 Å². The maximum atomic E-state index is 12.7. The summed E-state index contributed by atoms with van der Waals surface area (Å²) in [4.78, 5) is 36.1. The maximum Gasteiger partial charge on any atom is 0.346 e. The molecule has 186 valence electrons. The third kappa shape index (κ3) is 8.01. The summed E-state index contributed by atoms with van der Waals surface area (Å²) in [7, 11) is 0. The lowest BCUT2D eigenvalue weighted by Crippen LogP contribution is -2.35. The van der Waals surface area contributed by atoms with Crippen LogP contribution in [0.2, 0.25) is 0 Å². The highest BCUT2D eigenvalue weighted by molar-refractivity contribution is 6.26. The van der Waals surface area contributed by atoms with Crippen LogP contribution in [0.25, 0.3) is 0 Å². The maximum absolute atomic E-state index is 12.7. The smallest absolute Gasteiger partial charge is 0.346 e. The molecule has 3 atom stereocenters. The molecule has 1 N–H and O–H groups in total. The third-order valence-corrected chi connectivity index (χ3v) is 6.82. The van der Waals surface area contributed by atoms with E-state index in [0.717, 1.165) is 19.3 Å². The Balaban J connectivity index is 1.74. The molecule has 0 unspecified atom stereocenters. The van der Waals surface area contributed by atoms with E-state index in [1.807, 2.05) is 13.0 Å². The molecule has 0 bridgehead atoms. The van der Waals surface area contributed by atoms with Crippen LogP contribution < -0.4 is 0 Å². The van der Waals surface area contributed by atoms with E-state index in [2.05, 4.69) is 13.8 Å². The van der Waals surface area contributed by atoms with Crippen LogP contribution in [0.1, 0.15) is 111 Å². The zero-order valence-electron chi connectivity index (χ0n) is 20.9. The largest absolute Gasteiger partial charge is 0.482 e. The van der Waals surface area contributed by atoms with E-state index in [1.165, 1.54) is 64.7 Å². The molecule has 6 nitrogen and oxygen atoms in total. The number of ketones is 1. The molecular weight excluding hydrogens is 420 g/mol. The number of esters is 1. The number of aliphatic carboxylic acids is 1. The standard InChI is InChI=1S/C27H42O6/c1-5-6-7-8-9-10-11-12-14-20(2)15-13-17-26(3)18-16-21(32-26)23-24(30)27(4,19-22(28)29)33-25(23)31/h16,18,20H,5-15,17,19H2,1-4H3,(H,28,29)/b23-21+/t20-,26+,27-/m1/s1. The van der Waals surface area contributed by atoms with E-state index in [9.17, 15) is 14.4 Å². The number of hydrogen-bond acceptors (Lipinski definition) is 5. The number of carbonyl (C=O) groups excluding carboxylic acids is 2. The van der Waals surface area contributed by atoms with Crippen molar-refractivity contribution >= 4 is 17.7 Å². The minimum absolute atomic E-state index is 0.179. The van der Waals surface area contributed by atoms with Gasteiger partial charge in [-0.2, -0.15) is 0 Å². The second-order valence-electron chi connectivity index (χ2n) is 10.3. The van der Waals surface area contributed by atoms with Crippen molar-refractivity contribution in [2.45, 2.75) is 122 Å². The molecule has 0 amide bonds. The van der Waals surface area contributed by atoms with Gasteiger partial charge in [-0.15, -0.1) is 0 Å². The first-order chi connectivity index (χ1) is 15.6. The van der Waals surface area contributed by atoms with E-state index >= 15 is 0 Å². The van der Waals surface area contributed by atoms with Crippen LogP contribution in [0, 0.1) is 5.92 Å². The monoisotopic (exact) mass is 462 g/mol. The van der Waals surface area contributed by atoms with Crippen molar-refractivity contribution in [1.29, 1.82) is 0 Å². The van der Waals surface area contributed by atoms with Crippen molar-refractivity contribution in [3.8, 4) is 0 Å². The minimum atomic E-state index is -1.67. The molecule has 0 radical (unpaired) electrons. The molecule has 2 rings (SSSR count). The highest BCUT2D eigenvalue weighted by atomic mass is 16.6. The fourth-order valence-corrected chi connectivity index (χ4v) is 4.69. The normalized spacial score (nSPS) is 27.6. The third-order valence-electron chi connectivity index (χ3n) is 6.82. The Morgan fingerprint density at radius 2 is 1.58 bits per heavy atom. The molecule has 0 aromatic rings. The quantitative estimate of drug-likeness (QED) is 0.133. The van der Waals surface area contributed by atoms with Crippen LogP contribution in [0.15, 0.2) is 23.5 Å². The van der Waals surface area contributed by atoms with Crippen molar-refractivity contribution in [2.75, 3.05) is 0 Å². The summed E-state index contributed by atoms with van der Waals surface area (Å²) in [6.45, 7) is 7.83. The van der Waals surface area contributed by atoms with Gasteiger partial charge in [-0.25, -0.2) is 4.79 Å². The van der Waals surface area contributed by atoms with Crippen LogP contribution in [0.4, 0.5) is 0 Å². The van der Waals surface area contributed by atoms with Crippen molar-refractivity contribution in [3.05, 3.63) is 23.5 Å². The zero-order valence-corrected chi connectivity index (χ0v) is 20.9. The number of Topliss-reactive ketones (excluding diaryl/α,β-unsaturated/α-hetero) is 1. The lowest BCUT2D eigenvalue weighted by Gasteiger charge is -2.24. The van der Waals surface area contributed by atoms with Gasteiger partial charge in [0, 0.05) is 0 Å². The number of carbonyl (C=O) groups is 3. The number of ether oxygens (including phenoxy) is 2. The number of rotatable bonds is 15. The molecule has 1 fully saturated rings. The van der Waals surface area contributed by atoms with Crippen LogP contribution in [0.5, 0.6) is 0 Å². The van der Waals surface area contributed by atoms with Gasteiger partial charge in [-0.3, -0.25) is 9.59 Å². The van der Waals surface area contributed by atoms with Crippen molar-refractivity contribution in [1.82, 2.24) is 0 Å². The average Bonchev–Trinajstić information content (AvgIpc) is 3.20. The average molecular weight is 463 g/mol. The van der Waals surface area contributed by atoms with Gasteiger partial charge in [0.25, 0.3) is 0 Å². The predicted octanol–water partition coefficient (Wildman–Crippen LogP) is 6.28. The van der Waals surface area contributed by atoms with Gasteiger partial charge in [-0.1, -0.05) is 78.1 Å². The van der Waals surface area contributed by atoms with E-state index in [0.29, 0.717) is 5.92 Å². The molecule has 2 aliphatic rings. The van der Waals surface area contributed by atoms with Gasteiger partial charge >= 0.3 is 11.9 Å². The van der Waals surface area contributed by atoms with E-state index < -0.39 is 35.3 Å². The fourth-order valence-electron chi connectivity index (χ4n) is 4.69. The molecule has 2 heterocycles. The summed E-state index contributed by atoms with van der Waals surface area (Å²) in [6, 6.07) is 0. The van der Waals surface area contributed by atoms with E-state index in [-0.39, 0.29) is 11.3 Å². The van der Waals surface area contributed by atoms with Crippen molar-refractivity contribution < 1.29 is 29.0 Å². The Kier molecular flexibility index (Phi) is 10.2. The first-order valence-electron chi connectivity index (χ1n) is 12.7. The van der Waals surface area contributed by atoms with Gasteiger partial charge in [-0.05, 0) is 44.8 Å². The predicted molar refractivity (Wildman–Crippen MR) is 128 cm³/mol. The van der Waals surface area contributed by atoms with E-state index in [4.69, 9.17) is 14.6 Å². The molecule has 0 spiro atoms.